The van der Waals surface area contributed by atoms with Crippen molar-refractivity contribution in [1.29, 1.82) is 0 Å². The fourth-order valence-corrected chi connectivity index (χ4v) is 3.81. The lowest BCUT2D eigenvalue weighted by Gasteiger charge is -2.20. The first-order chi connectivity index (χ1) is 11.2. The Hall–Kier alpha value is -1.74. The number of amides is 1. The van der Waals surface area contributed by atoms with Crippen LogP contribution in [-0.2, 0) is 12.8 Å². The Bertz CT molecular complexity index is 711. The summed E-state index contributed by atoms with van der Waals surface area (Å²) >= 11 is 1.60. The van der Waals surface area contributed by atoms with E-state index in [2.05, 4.69) is 30.4 Å². The zero-order chi connectivity index (χ0) is 16.2. The van der Waals surface area contributed by atoms with Gasteiger partial charge in [0.25, 0.3) is 5.91 Å². The molecule has 3 heteroatoms. The lowest BCUT2D eigenvalue weighted by molar-refractivity contribution is 0.0937. The van der Waals surface area contributed by atoms with Crippen LogP contribution < -0.4 is 5.32 Å². The van der Waals surface area contributed by atoms with Gasteiger partial charge in [-0.25, -0.2) is 0 Å². The molecule has 0 fully saturated rings. The number of fused-ring (bicyclic) bond motifs is 1. The second kappa shape index (κ2) is 7.22. The third kappa shape index (κ3) is 3.61. The molecule has 2 aromatic rings. The number of rotatable bonds is 4. The Morgan fingerprint density at radius 1 is 1.09 bits per heavy atom. The maximum Gasteiger partial charge on any atom is 0.252 e. The van der Waals surface area contributed by atoms with E-state index in [0.717, 1.165) is 10.5 Å². The SMILES string of the molecule is CSc1ccccc1C(=O)N[C@@H](C)c1ccc2c(c1)CCCC2. The summed E-state index contributed by atoms with van der Waals surface area (Å²) in [5, 5.41) is 3.14. The number of nitrogens with one attached hydrogen (secondary N) is 1. The summed E-state index contributed by atoms with van der Waals surface area (Å²) in [6.45, 7) is 2.06. The van der Waals surface area contributed by atoms with Crippen molar-refractivity contribution in [3.63, 3.8) is 0 Å². The van der Waals surface area contributed by atoms with Gasteiger partial charge in [-0.05, 0) is 67.7 Å². The van der Waals surface area contributed by atoms with Gasteiger partial charge in [0.05, 0.1) is 11.6 Å². The van der Waals surface area contributed by atoms with Gasteiger partial charge in [-0.2, -0.15) is 0 Å². The first kappa shape index (κ1) is 16.1. The molecule has 1 aliphatic carbocycles. The van der Waals surface area contributed by atoms with Crippen molar-refractivity contribution < 1.29 is 4.79 Å². The van der Waals surface area contributed by atoms with Crippen LogP contribution in [0.15, 0.2) is 47.4 Å². The summed E-state index contributed by atoms with van der Waals surface area (Å²) in [6.07, 6.45) is 6.93. The largest absolute Gasteiger partial charge is 0.345 e. The van der Waals surface area contributed by atoms with Crippen LogP contribution in [0.2, 0.25) is 0 Å². The Morgan fingerprint density at radius 3 is 2.61 bits per heavy atom. The molecule has 1 atom stereocenters. The van der Waals surface area contributed by atoms with Crippen LogP contribution in [0.25, 0.3) is 0 Å². The molecule has 0 radical (unpaired) electrons. The highest BCUT2D eigenvalue weighted by atomic mass is 32.2. The molecule has 0 saturated heterocycles. The Kier molecular flexibility index (Phi) is 5.06. The molecule has 0 saturated carbocycles. The monoisotopic (exact) mass is 325 g/mol. The van der Waals surface area contributed by atoms with Gasteiger partial charge >= 0.3 is 0 Å². The molecule has 0 spiro atoms. The van der Waals surface area contributed by atoms with E-state index in [1.54, 1.807) is 11.8 Å². The number of thioether (sulfide) groups is 1. The van der Waals surface area contributed by atoms with E-state index >= 15 is 0 Å². The highest BCUT2D eigenvalue weighted by Gasteiger charge is 2.16. The van der Waals surface area contributed by atoms with E-state index in [0.29, 0.717) is 0 Å². The van der Waals surface area contributed by atoms with Gasteiger partial charge in [0.15, 0.2) is 0 Å². The lowest BCUT2D eigenvalue weighted by Crippen LogP contribution is -2.27. The van der Waals surface area contributed by atoms with Crippen molar-refractivity contribution in [2.75, 3.05) is 6.26 Å². The highest BCUT2D eigenvalue weighted by Crippen LogP contribution is 2.25. The predicted molar refractivity (Wildman–Crippen MR) is 97.2 cm³/mol. The topological polar surface area (TPSA) is 29.1 Å². The van der Waals surface area contributed by atoms with Gasteiger partial charge < -0.3 is 5.32 Å². The van der Waals surface area contributed by atoms with E-state index in [1.165, 1.54) is 42.4 Å². The van der Waals surface area contributed by atoms with E-state index in [-0.39, 0.29) is 11.9 Å². The van der Waals surface area contributed by atoms with Crippen LogP contribution in [0, 0.1) is 0 Å². The minimum atomic E-state index is 0.000158. The van der Waals surface area contributed by atoms with Gasteiger partial charge in [-0.3, -0.25) is 4.79 Å². The van der Waals surface area contributed by atoms with Crippen molar-refractivity contribution in [3.8, 4) is 0 Å². The van der Waals surface area contributed by atoms with Crippen molar-refractivity contribution in [3.05, 3.63) is 64.7 Å². The van der Waals surface area contributed by atoms with Gasteiger partial charge in [-0.1, -0.05) is 30.3 Å². The zero-order valence-corrected chi connectivity index (χ0v) is 14.6. The highest BCUT2D eigenvalue weighted by molar-refractivity contribution is 7.98. The third-order valence-corrected chi connectivity index (χ3v) is 5.37. The molecule has 120 valence electrons. The average molecular weight is 325 g/mol. The van der Waals surface area contributed by atoms with Crippen molar-refractivity contribution >= 4 is 17.7 Å². The molecule has 0 aromatic heterocycles. The van der Waals surface area contributed by atoms with Crippen LogP contribution in [-0.4, -0.2) is 12.2 Å². The van der Waals surface area contributed by atoms with Crippen LogP contribution >= 0.6 is 11.8 Å². The van der Waals surface area contributed by atoms with Gasteiger partial charge in [0.1, 0.15) is 0 Å². The molecule has 3 rings (SSSR count). The van der Waals surface area contributed by atoms with Crippen molar-refractivity contribution in [2.45, 2.75) is 43.5 Å². The van der Waals surface area contributed by atoms with Crippen LogP contribution in [0.5, 0.6) is 0 Å². The third-order valence-electron chi connectivity index (χ3n) is 4.57. The fourth-order valence-electron chi connectivity index (χ4n) is 3.21. The average Bonchev–Trinajstić information content (AvgIpc) is 2.61. The molecule has 2 aromatic carbocycles. The van der Waals surface area contributed by atoms with E-state index < -0.39 is 0 Å². The quantitative estimate of drug-likeness (QED) is 0.820. The minimum Gasteiger partial charge on any atom is -0.345 e. The summed E-state index contributed by atoms with van der Waals surface area (Å²) in [5.74, 6) is 0.000158. The predicted octanol–water partition coefficient (Wildman–Crippen LogP) is 4.78. The molecule has 1 aliphatic rings. The molecule has 1 N–H and O–H groups in total. The van der Waals surface area contributed by atoms with E-state index in [4.69, 9.17) is 0 Å². The summed E-state index contributed by atoms with van der Waals surface area (Å²) in [6, 6.07) is 14.5. The van der Waals surface area contributed by atoms with Crippen molar-refractivity contribution in [2.24, 2.45) is 0 Å². The van der Waals surface area contributed by atoms with E-state index in [9.17, 15) is 4.79 Å². The first-order valence-electron chi connectivity index (χ1n) is 8.24. The molecule has 1 amide bonds. The summed E-state index contributed by atoms with van der Waals surface area (Å²) < 4.78 is 0. The second-order valence-electron chi connectivity index (χ2n) is 6.13. The second-order valence-corrected chi connectivity index (χ2v) is 6.98. The standard InChI is InChI=1S/C20H23NOS/c1-14(16-12-11-15-7-3-4-8-17(15)13-16)21-20(22)18-9-5-6-10-19(18)23-2/h5-6,9-14H,3-4,7-8H2,1-2H3,(H,21,22)/t14-/m0/s1. The van der Waals surface area contributed by atoms with Crippen molar-refractivity contribution in [1.82, 2.24) is 5.32 Å². The molecular weight excluding hydrogens is 302 g/mol. The molecule has 2 nitrogen and oxygen atoms in total. The minimum absolute atomic E-state index is 0.000158. The maximum atomic E-state index is 12.6. The number of benzene rings is 2. The van der Waals surface area contributed by atoms with Gasteiger partial charge in [0, 0.05) is 4.90 Å². The van der Waals surface area contributed by atoms with Gasteiger partial charge in [0.2, 0.25) is 0 Å². The van der Waals surface area contributed by atoms with Crippen LogP contribution in [0.1, 0.15) is 52.9 Å². The molecule has 0 bridgehead atoms. The molecule has 0 aliphatic heterocycles. The Balaban J connectivity index is 1.76. The van der Waals surface area contributed by atoms with Crippen LogP contribution in [0.3, 0.4) is 0 Å². The molecule has 0 unspecified atom stereocenters. The normalized spacial score (nSPS) is 14.9. The zero-order valence-electron chi connectivity index (χ0n) is 13.8. The number of carbonyl (C=O) groups is 1. The molecular formula is C20H23NOS. The molecule has 0 heterocycles. The Labute approximate surface area is 142 Å². The number of hydrogen-bond donors (Lipinski definition) is 1. The lowest BCUT2D eigenvalue weighted by atomic mass is 9.89. The van der Waals surface area contributed by atoms with E-state index in [1.807, 2.05) is 30.5 Å². The summed E-state index contributed by atoms with van der Waals surface area (Å²) in [7, 11) is 0. The molecule has 23 heavy (non-hydrogen) atoms. The summed E-state index contributed by atoms with van der Waals surface area (Å²) in [5.41, 5.74) is 4.89. The number of hydrogen-bond acceptors (Lipinski definition) is 2. The number of aryl methyl sites for hydroxylation is 2. The first-order valence-corrected chi connectivity index (χ1v) is 9.47. The number of carbonyl (C=O) groups excluding carboxylic acids is 1. The van der Waals surface area contributed by atoms with Gasteiger partial charge in [-0.15, -0.1) is 11.8 Å². The smallest absolute Gasteiger partial charge is 0.252 e. The fraction of sp³-hybridized carbons (Fsp3) is 0.350. The summed E-state index contributed by atoms with van der Waals surface area (Å²) in [4.78, 5) is 13.6. The van der Waals surface area contributed by atoms with Crippen LogP contribution in [0.4, 0.5) is 0 Å². The Morgan fingerprint density at radius 2 is 1.83 bits per heavy atom. The maximum absolute atomic E-state index is 12.6.